The number of aromatic nitrogens is 2. The van der Waals surface area contributed by atoms with Crippen molar-refractivity contribution in [2.75, 3.05) is 19.7 Å². The maximum absolute atomic E-state index is 13.1. The maximum atomic E-state index is 13.1. The van der Waals surface area contributed by atoms with Crippen molar-refractivity contribution in [3.05, 3.63) is 82.1 Å². The highest BCUT2D eigenvalue weighted by Gasteiger charge is 2.21. The molecule has 1 aliphatic rings. The average Bonchev–Trinajstić information content (AvgIpc) is 3.24. The topological polar surface area (TPSA) is 59.4 Å². The smallest absolute Gasteiger partial charge is 0.255 e. The fourth-order valence-corrected chi connectivity index (χ4v) is 4.49. The van der Waals surface area contributed by atoms with Crippen molar-refractivity contribution in [1.82, 2.24) is 20.0 Å². The first-order chi connectivity index (χ1) is 15.9. The van der Waals surface area contributed by atoms with Crippen LogP contribution in [0.25, 0.3) is 5.69 Å². The van der Waals surface area contributed by atoms with Crippen LogP contribution in [0.5, 0.6) is 0 Å². The van der Waals surface area contributed by atoms with Crippen LogP contribution in [0, 0.1) is 0 Å². The van der Waals surface area contributed by atoms with E-state index >= 15 is 0 Å². The number of carbonyl (C=O) groups excluding carboxylic acids is 1. The fraction of sp³-hybridized carbons (Fsp3) is 0.385. The summed E-state index contributed by atoms with van der Waals surface area (Å²) in [6.07, 6.45) is 1.91. The van der Waals surface area contributed by atoms with Crippen molar-refractivity contribution in [3.63, 3.8) is 0 Å². The van der Waals surface area contributed by atoms with E-state index < -0.39 is 0 Å². The lowest BCUT2D eigenvalue weighted by Gasteiger charge is -2.31. The molecule has 1 unspecified atom stereocenters. The van der Waals surface area contributed by atoms with Crippen molar-refractivity contribution in [1.29, 1.82) is 0 Å². The third kappa shape index (κ3) is 5.82. The standard InChI is InChI=1S/C26H31ClN4O2/c1-18(2)25-24(15-29-31(25)23-9-5-8-22(27)13-23)26(32)28-14-20-6-4-7-21(12-20)17-30-10-11-33-19(3)16-30/h4-9,12-13,15,18-19H,10-11,14,16-17H2,1-3H3,(H,28,32). The Morgan fingerprint density at radius 2 is 2.00 bits per heavy atom. The zero-order chi connectivity index (χ0) is 23.4. The summed E-state index contributed by atoms with van der Waals surface area (Å²) in [4.78, 5) is 15.5. The van der Waals surface area contributed by atoms with Crippen LogP contribution >= 0.6 is 11.6 Å². The van der Waals surface area contributed by atoms with Crippen LogP contribution in [0.1, 0.15) is 53.9 Å². The largest absolute Gasteiger partial charge is 0.376 e. The van der Waals surface area contributed by atoms with Gasteiger partial charge in [0.1, 0.15) is 0 Å². The molecule has 1 aliphatic heterocycles. The lowest BCUT2D eigenvalue weighted by molar-refractivity contribution is -0.0212. The van der Waals surface area contributed by atoms with Gasteiger partial charge in [-0.15, -0.1) is 0 Å². The van der Waals surface area contributed by atoms with Crippen LogP contribution in [0.4, 0.5) is 0 Å². The summed E-state index contributed by atoms with van der Waals surface area (Å²) in [5.74, 6) is -0.00846. The highest BCUT2D eigenvalue weighted by atomic mass is 35.5. The van der Waals surface area contributed by atoms with Gasteiger partial charge in [0.2, 0.25) is 0 Å². The summed E-state index contributed by atoms with van der Waals surface area (Å²) in [5.41, 5.74) is 4.62. The Kier molecular flexibility index (Phi) is 7.48. The van der Waals surface area contributed by atoms with E-state index in [-0.39, 0.29) is 17.9 Å². The molecule has 1 fully saturated rings. The molecule has 7 heteroatoms. The molecular weight excluding hydrogens is 436 g/mol. The first kappa shape index (κ1) is 23.5. The van der Waals surface area contributed by atoms with Gasteiger partial charge >= 0.3 is 0 Å². The molecule has 0 radical (unpaired) electrons. The normalized spacial score (nSPS) is 16.8. The number of morpholine rings is 1. The Hall–Kier alpha value is -2.67. The number of nitrogens with zero attached hydrogens (tertiary/aromatic N) is 3. The Morgan fingerprint density at radius 1 is 1.21 bits per heavy atom. The molecule has 0 aliphatic carbocycles. The number of rotatable bonds is 7. The Labute approximate surface area is 200 Å². The van der Waals surface area contributed by atoms with Gasteiger partial charge in [0.25, 0.3) is 5.91 Å². The average molecular weight is 467 g/mol. The molecule has 6 nitrogen and oxygen atoms in total. The Morgan fingerprint density at radius 3 is 2.76 bits per heavy atom. The molecule has 174 valence electrons. The van der Waals surface area contributed by atoms with Crippen LogP contribution in [0.15, 0.2) is 54.7 Å². The van der Waals surface area contributed by atoms with Crippen molar-refractivity contribution in [3.8, 4) is 5.69 Å². The molecule has 33 heavy (non-hydrogen) atoms. The van der Waals surface area contributed by atoms with E-state index in [0.29, 0.717) is 17.1 Å². The number of halogens is 1. The molecule has 0 bridgehead atoms. The summed E-state index contributed by atoms with van der Waals surface area (Å²) >= 11 is 6.17. The minimum Gasteiger partial charge on any atom is -0.376 e. The van der Waals surface area contributed by atoms with Crippen LogP contribution in [0.3, 0.4) is 0 Å². The Bertz CT molecular complexity index is 1110. The molecule has 2 heterocycles. The maximum Gasteiger partial charge on any atom is 0.255 e. The minimum absolute atomic E-state index is 0.117. The Balaban J connectivity index is 1.45. The zero-order valence-electron chi connectivity index (χ0n) is 19.4. The summed E-state index contributed by atoms with van der Waals surface area (Å²) in [6, 6.07) is 15.9. The van der Waals surface area contributed by atoms with Gasteiger partial charge in [-0.2, -0.15) is 5.10 Å². The first-order valence-corrected chi connectivity index (χ1v) is 11.8. The molecule has 1 saturated heterocycles. The molecule has 2 aromatic carbocycles. The second kappa shape index (κ2) is 10.5. The van der Waals surface area contributed by atoms with Gasteiger partial charge in [0.05, 0.1) is 35.9 Å². The van der Waals surface area contributed by atoms with E-state index in [2.05, 4.69) is 54.3 Å². The van der Waals surface area contributed by atoms with E-state index in [4.69, 9.17) is 16.3 Å². The highest BCUT2D eigenvalue weighted by Crippen LogP contribution is 2.24. The van der Waals surface area contributed by atoms with E-state index in [1.807, 2.05) is 30.3 Å². The number of nitrogens with one attached hydrogen (secondary N) is 1. The van der Waals surface area contributed by atoms with Crippen LogP contribution in [-0.2, 0) is 17.8 Å². The molecule has 1 aromatic heterocycles. The zero-order valence-corrected chi connectivity index (χ0v) is 20.2. The predicted octanol–water partition coefficient (Wildman–Crippen LogP) is 4.80. The van der Waals surface area contributed by atoms with Gasteiger partial charge < -0.3 is 10.1 Å². The molecule has 1 atom stereocenters. The van der Waals surface area contributed by atoms with Crippen molar-refractivity contribution in [2.24, 2.45) is 0 Å². The quantitative estimate of drug-likeness (QED) is 0.543. The second-order valence-corrected chi connectivity index (χ2v) is 9.35. The molecular formula is C26H31ClN4O2. The number of benzene rings is 2. The summed E-state index contributed by atoms with van der Waals surface area (Å²) in [5, 5.41) is 8.20. The highest BCUT2D eigenvalue weighted by molar-refractivity contribution is 6.30. The molecule has 1 N–H and O–H groups in total. The summed E-state index contributed by atoms with van der Waals surface area (Å²) in [6.45, 7) is 10.2. The van der Waals surface area contributed by atoms with Crippen molar-refractivity contribution < 1.29 is 9.53 Å². The molecule has 0 spiro atoms. The van der Waals surface area contributed by atoms with Gasteiger partial charge in [-0.1, -0.05) is 55.8 Å². The van der Waals surface area contributed by atoms with Gasteiger partial charge in [-0.05, 0) is 42.2 Å². The van der Waals surface area contributed by atoms with Crippen LogP contribution < -0.4 is 5.32 Å². The number of amides is 1. The summed E-state index contributed by atoms with van der Waals surface area (Å²) < 4.78 is 7.44. The van der Waals surface area contributed by atoms with Crippen molar-refractivity contribution >= 4 is 17.5 Å². The van der Waals surface area contributed by atoms with Gasteiger partial charge in [-0.25, -0.2) is 4.68 Å². The lowest BCUT2D eigenvalue weighted by Crippen LogP contribution is -2.40. The van der Waals surface area contributed by atoms with Gasteiger partial charge in [-0.3, -0.25) is 9.69 Å². The third-order valence-electron chi connectivity index (χ3n) is 5.83. The third-order valence-corrected chi connectivity index (χ3v) is 6.06. The monoisotopic (exact) mass is 466 g/mol. The number of carbonyl (C=O) groups is 1. The fourth-order valence-electron chi connectivity index (χ4n) is 4.31. The molecule has 1 amide bonds. The van der Waals surface area contributed by atoms with E-state index in [1.165, 1.54) is 5.56 Å². The van der Waals surface area contributed by atoms with E-state index in [9.17, 15) is 4.79 Å². The SMILES string of the molecule is CC1CN(Cc2cccc(CNC(=O)c3cnn(-c4cccc(Cl)c4)c3C(C)C)c2)CCO1. The lowest BCUT2D eigenvalue weighted by atomic mass is 10.0. The van der Waals surface area contributed by atoms with Crippen LogP contribution in [0.2, 0.25) is 5.02 Å². The second-order valence-electron chi connectivity index (χ2n) is 8.91. The number of ether oxygens (including phenoxy) is 1. The van der Waals surface area contributed by atoms with Gasteiger partial charge in [0.15, 0.2) is 0 Å². The molecule has 3 aromatic rings. The first-order valence-electron chi connectivity index (χ1n) is 11.4. The van der Waals surface area contributed by atoms with Crippen LogP contribution in [-0.4, -0.2) is 46.4 Å². The van der Waals surface area contributed by atoms with Gasteiger partial charge in [0, 0.05) is 31.2 Å². The minimum atomic E-state index is -0.126. The number of hydrogen-bond acceptors (Lipinski definition) is 4. The molecule has 4 rings (SSSR count). The van der Waals surface area contributed by atoms with Crippen molar-refractivity contribution in [2.45, 2.75) is 45.9 Å². The predicted molar refractivity (Wildman–Crippen MR) is 131 cm³/mol. The summed E-state index contributed by atoms with van der Waals surface area (Å²) in [7, 11) is 0. The van der Waals surface area contributed by atoms with E-state index in [1.54, 1.807) is 10.9 Å². The number of hydrogen-bond donors (Lipinski definition) is 1. The van der Waals surface area contributed by atoms with E-state index in [0.717, 1.165) is 43.2 Å². The molecule has 0 saturated carbocycles.